The highest BCUT2D eigenvalue weighted by atomic mass is 16.5. The molecule has 0 aliphatic rings. The van der Waals surface area contributed by atoms with Crippen LogP contribution in [0.2, 0.25) is 0 Å². The SMILES string of the molecule is CCOc1ccc(OCC)c(Nc2ncc(N)cc2C)c1. The van der Waals surface area contributed by atoms with Crippen molar-refractivity contribution in [1.29, 1.82) is 0 Å². The predicted molar refractivity (Wildman–Crippen MR) is 85.4 cm³/mol. The molecular weight excluding hydrogens is 266 g/mol. The average molecular weight is 287 g/mol. The van der Waals surface area contributed by atoms with E-state index in [4.69, 9.17) is 15.2 Å². The second kappa shape index (κ2) is 6.83. The van der Waals surface area contributed by atoms with E-state index in [-0.39, 0.29) is 0 Å². The number of pyridine rings is 1. The van der Waals surface area contributed by atoms with Crippen molar-refractivity contribution in [3.63, 3.8) is 0 Å². The van der Waals surface area contributed by atoms with E-state index in [2.05, 4.69) is 10.3 Å². The van der Waals surface area contributed by atoms with E-state index in [0.29, 0.717) is 18.9 Å². The molecule has 5 nitrogen and oxygen atoms in total. The third-order valence-electron chi connectivity index (χ3n) is 2.91. The summed E-state index contributed by atoms with van der Waals surface area (Å²) in [5.41, 5.74) is 8.17. The van der Waals surface area contributed by atoms with Crippen molar-refractivity contribution in [3.05, 3.63) is 36.0 Å². The number of nitrogens with two attached hydrogens (primary N) is 1. The van der Waals surface area contributed by atoms with E-state index in [1.54, 1.807) is 6.20 Å². The summed E-state index contributed by atoms with van der Waals surface area (Å²) < 4.78 is 11.2. The molecule has 0 radical (unpaired) electrons. The summed E-state index contributed by atoms with van der Waals surface area (Å²) in [4.78, 5) is 4.32. The zero-order valence-corrected chi connectivity index (χ0v) is 12.6. The lowest BCUT2D eigenvalue weighted by Gasteiger charge is -2.15. The van der Waals surface area contributed by atoms with Gasteiger partial charge in [0.2, 0.25) is 0 Å². The van der Waals surface area contributed by atoms with Crippen molar-refractivity contribution in [3.8, 4) is 11.5 Å². The lowest BCUT2D eigenvalue weighted by molar-refractivity contribution is 0.332. The maximum Gasteiger partial charge on any atom is 0.143 e. The Bertz CT molecular complexity index is 614. The summed E-state index contributed by atoms with van der Waals surface area (Å²) in [6.45, 7) is 7.07. The molecule has 21 heavy (non-hydrogen) atoms. The zero-order chi connectivity index (χ0) is 15.2. The van der Waals surface area contributed by atoms with Crippen LogP contribution in [0.1, 0.15) is 19.4 Å². The minimum absolute atomic E-state index is 0.594. The summed E-state index contributed by atoms with van der Waals surface area (Å²) >= 11 is 0. The lowest BCUT2D eigenvalue weighted by atomic mass is 10.2. The highest BCUT2D eigenvalue weighted by Crippen LogP contribution is 2.32. The number of hydrogen-bond donors (Lipinski definition) is 2. The van der Waals surface area contributed by atoms with Crippen LogP contribution in [0.5, 0.6) is 11.5 Å². The van der Waals surface area contributed by atoms with E-state index in [9.17, 15) is 0 Å². The first-order valence-electron chi connectivity index (χ1n) is 7.02. The van der Waals surface area contributed by atoms with Gasteiger partial charge in [0.05, 0.1) is 30.8 Å². The third-order valence-corrected chi connectivity index (χ3v) is 2.91. The molecule has 2 rings (SSSR count). The van der Waals surface area contributed by atoms with Crippen LogP contribution in [0.25, 0.3) is 0 Å². The molecule has 0 unspecified atom stereocenters. The van der Waals surface area contributed by atoms with Crippen LogP contribution in [0.3, 0.4) is 0 Å². The molecule has 0 amide bonds. The van der Waals surface area contributed by atoms with Gasteiger partial charge in [-0.1, -0.05) is 0 Å². The van der Waals surface area contributed by atoms with E-state index in [1.807, 2.05) is 45.0 Å². The van der Waals surface area contributed by atoms with E-state index >= 15 is 0 Å². The fourth-order valence-corrected chi connectivity index (χ4v) is 2.00. The zero-order valence-electron chi connectivity index (χ0n) is 12.6. The number of ether oxygens (including phenoxy) is 2. The molecule has 0 atom stereocenters. The molecule has 0 bridgehead atoms. The molecule has 0 spiro atoms. The Hall–Kier alpha value is -2.43. The highest BCUT2D eigenvalue weighted by molar-refractivity contribution is 5.68. The molecule has 1 heterocycles. The standard InChI is InChI=1S/C16H21N3O2/c1-4-20-13-6-7-15(21-5-2)14(9-13)19-16-11(3)8-12(17)10-18-16/h6-10H,4-5,17H2,1-3H3,(H,18,19). The van der Waals surface area contributed by atoms with Gasteiger partial charge in [-0.05, 0) is 44.5 Å². The quantitative estimate of drug-likeness (QED) is 0.850. The fraction of sp³-hybridized carbons (Fsp3) is 0.312. The summed E-state index contributed by atoms with van der Waals surface area (Å²) in [5, 5.41) is 3.28. The van der Waals surface area contributed by atoms with Crippen LogP contribution >= 0.6 is 0 Å². The number of nitrogens with zero attached hydrogens (tertiary/aromatic N) is 1. The van der Waals surface area contributed by atoms with Gasteiger partial charge in [0.15, 0.2) is 0 Å². The molecule has 5 heteroatoms. The summed E-state index contributed by atoms with van der Waals surface area (Å²) in [6.07, 6.45) is 1.63. The fourth-order valence-electron chi connectivity index (χ4n) is 2.00. The van der Waals surface area contributed by atoms with Crippen molar-refractivity contribution in [1.82, 2.24) is 4.98 Å². The highest BCUT2D eigenvalue weighted by Gasteiger charge is 2.08. The van der Waals surface area contributed by atoms with Gasteiger partial charge in [0, 0.05) is 6.07 Å². The van der Waals surface area contributed by atoms with Crippen LogP contribution in [0, 0.1) is 6.92 Å². The lowest BCUT2D eigenvalue weighted by Crippen LogP contribution is -2.02. The topological polar surface area (TPSA) is 69.4 Å². The summed E-state index contributed by atoms with van der Waals surface area (Å²) in [6, 6.07) is 7.57. The molecule has 0 saturated heterocycles. The Morgan fingerprint density at radius 3 is 2.57 bits per heavy atom. The smallest absolute Gasteiger partial charge is 0.143 e. The van der Waals surface area contributed by atoms with Gasteiger partial charge in [0.25, 0.3) is 0 Å². The first-order chi connectivity index (χ1) is 10.1. The molecule has 1 aromatic heterocycles. The molecular formula is C16H21N3O2. The van der Waals surface area contributed by atoms with Gasteiger partial charge >= 0.3 is 0 Å². The maximum absolute atomic E-state index is 5.73. The van der Waals surface area contributed by atoms with Gasteiger partial charge in [-0.3, -0.25) is 0 Å². The van der Waals surface area contributed by atoms with E-state index in [1.165, 1.54) is 0 Å². The van der Waals surface area contributed by atoms with Gasteiger partial charge in [0.1, 0.15) is 17.3 Å². The number of rotatable bonds is 6. The van der Waals surface area contributed by atoms with E-state index < -0.39 is 0 Å². The number of hydrogen-bond acceptors (Lipinski definition) is 5. The van der Waals surface area contributed by atoms with Gasteiger partial charge in [-0.2, -0.15) is 0 Å². The average Bonchev–Trinajstić information content (AvgIpc) is 2.45. The second-order valence-electron chi connectivity index (χ2n) is 4.58. The predicted octanol–water partition coefficient (Wildman–Crippen LogP) is 3.51. The second-order valence-corrected chi connectivity index (χ2v) is 4.58. The van der Waals surface area contributed by atoms with Gasteiger partial charge in [-0.15, -0.1) is 0 Å². The van der Waals surface area contributed by atoms with Gasteiger partial charge < -0.3 is 20.5 Å². The molecule has 0 aliphatic heterocycles. The molecule has 112 valence electrons. The molecule has 0 saturated carbocycles. The van der Waals surface area contributed by atoms with Crippen LogP contribution in [-0.2, 0) is 0 Å². The Morgan fingerprint density at radius 1 is 1.14 bits per heavy atom. The molecule has 0 aliphatic carbocycles. The summed E-state index contributed by atoms with van der Waals surface area (Å²) in [5.74, 6) is 2.30. The number of nitrogens with one attached hydrogen (secondary N) is 1. The maximum atomic E-state index is 5.73. The van der Waals surface area contributed by atoms with Crippen molar-refractivity contribution >= 4 is 17.2 Å². The first-order valence-corrected chi connectivity index (χ1v) is 7.02. The molecule has 3 N–H and O–H groups in total. The third kappa shape index (κ3) is 3.78. The number of aromatic nitrogens is 1. The Balaban J connectivity index is 2.33. The van der Waals surface area contributed by atoms with Crippen molar-refractivity contribution in [2.45, 2.75) is 20.8 Å². The van der Waals surface area contributed by atoms with Crippen LogP contribution in [0.4, 0.5) is 17.2 Å². The minimum Gasteiger partial charge on any atom is -0.494 e. The number of nitrogen functional groups attached to an aromatic ring is 1. The Kier molecular flexibility index (Phi) is 4.87. The summed E-state index contributed by atoms with van der Waals surface area (Å²) in [7, 11) is 0. The monoisotopic (exact) mass is 287 g/mol. The molecule has 1 aromatic carbocycles. The molecule has 0 fully saturated rings. The van der Waals surface area contributed by atoms with Crippen LogP contribution < -0.4 is 20.5 Å². The number of aryl methyl sites for hydroxylation is 1. The molecule has 2 aromatic rings. The number of anilines is 3. The van der Waals surface area contributed by atoms with Crippen molar-refractivity contribution < 1.29 is 9.47 Å². The Labute approximate surface area is 125 Å². The van der Waals surface area contributed by atoms with Gasteiger partial charge in [-0.25, -0.2) is 4.98 Å². The number of benzene rings is 1. The Morgan fingerprint density at radius 2 is 1.90 bits per heavy atom. The van der Waals surface area contributed by atoms with Crippen molar-refractivity contribution in [2.75, 3.05) is 24.3 Å². The van der Waals surface area contributed by atoms with Crippen molar-refractivity contribution in [2.24, 2.45) is 0 Å². The van der Waals surface area contributed by atoms with Crippen LogP contribution in [0.15, 0.2) is 30.5 Å². The van der Waals surface area contributed by atoms with Crippen LogP contribution in [-0.4, -0.2) is 18.2 Å². The first kappa shape index (κ1) is 15.0. The largest absolute Gasteiger partial charge is 0.494 e. The minimum atomic E-state index is 0.594. The van der Waals surface area contributed by atoms with E-state index in [0.717, 1.165) is 28.6 Å². The normalized spacial score (nSPS) is 10.2.